The van der Waals surface area contributed by atoms with Crippen LogP contribution in [0.25, 0.3) is 0 Å². The molecular formula is C10H16N4O. The predicted molar refractivity (Wildman–Crippen MR) is 60.3 cm³/mol. The first kappa shape index (κ1) is 11.6. The Balaban J connectivity index is 2.71. The third-order valence-electron chi connectivity index (χ3n) is 2.61. The van der Waals surface area contributed by atoms with Crippen molar-refractivity contribution >= 4 is 5.69 Å². The zero-order valence-electron chi connectivity index (χ0n) is 8.97. The molecule has 0 aliphatic rings. The number of pyridine rings is 1. The number of aromatic nitrogens is 1. The molecule has 0 aliphatic carbocycles. The number of nitrogen functional groups attached to an aromatic ring is 1. The molecule has 2 unspecified atom stereocenters. The van der Waals surface area contributed by atoms with Crippen molar-refractivity contribution in [2.24, 2.45) is 5.18 Å². The van der Waals surface area contributed by atoms with E-state index in [2.05, 4.69) is 15.5 Å². The van der Waals surface area contributed by atoms with E-state index in [1.165, 1.54) is 0 Å². The molecule has 1 heterocycles. The highest BCUT2D eigenvalue weighted by Gasteiger charge is 2.15. The topological polar surface area (TPSA) is 80.4 Å². The van der Waals surface area contributed by atoms with Crippen LogP contribution in [0.3, 0.4) is 0 Å². The van der Waals surface area contributed by atoms with E-state index in [-0.39, 0.29) is 18.6 Å². The number of anilines is 1. The third-order valence-corrected chi connectivity index (χ3v) is 2.61. The van der Waals surface area contributed by atoms with Crippen molar-refractivity contribution in [2.45, 2.75) is 25.8 Å². The lowest BCUT2D eigenvalue weighted by molar-refractivity contribution is 0.490. The molecule has 82 valence electrons. The van der Waals surface area contributed by atoms with Crippen molar-refractivity contribution in [3.63, 3.8) is 0 Å². The molecule has 3 N–H and O–H groups in total. The van der Waals surface area contributed by atoms with Gasteiger partial charge in [-0.25, -0.2) is 0 Å². The average Bonchev–Trinajstić information content (AvgIpc) is 2.25. The second kappa shape index (κ2) is 5.41. The van der Waals surface area contributed by atoms with Crippen LogP contribution in [0.1, 0.15) is 25.3 Å². The van der Waals surface area contributed by atoms with Crippen LogP contribution in [-0.4, -0.2) is 17.7 Å². The van der Waals surface area contributed by atoms with Crippen LogP contribution in [0.5, 0.6) is 0 Å². The van der Waals surface area contributed by atoms with E-state index >= 15 is 0 Å². The zero-order valence-corrected chi connectivity index (χ0v) is 8.97. The van der Waals surface area contributed by atoms with Crippen molar-refractivity contribution in [3.8, 4) is 0 Å². The Hall–Kier alpha value is -1.49. The molecular weight excluding hydrogens is 192 g/mol. The summed E-state index contributed by atoms with van der Waals surface area (Å²) in [7, 11) is 0. The second-order valence-electron chi connectivity index (χ2n) is 3.57. The molecule has 0 amide bonds. The van der Waals surface area contributed by atoms with Gasteiger partial charge in [0.25, 0.3) is 0 Å². The number of rotatable bonds is 5. The maximum Gasteiger partial charge on any atom is 0.131 e. The Kier molecular flexibility index (Phi) is 4.17. The summed E-state index contributed by atoms with van der Waals surface area (Å²) < 4.78 is 0. The molecule has 5 nitrogen and oxygen atoms in total. The third kappa shape index (κ3) is 2.99. The number of hydrogen-bond acceptors (Lipinski definition) is 5. The Morgan fingerprint density at radius 1 is 1.60 bits per heavy atom. The minimum absolute atomic E-state index is 0.122. The van der Waals surface area contributed by atoms with Crippen LogP contribution < -0.4 is 11.1 Å². The summed E-state index contributed by atoms with van der Waals surface area (Å²) in [5.74, 6) is 0.217. The summed E-state index contributed by atoms with van der Waals surface area (Å²) in [6.45, 7) is 4.17. The summed E-state index contributed by atoms with van der Waals surface area (Å²) in [6.07, 6.45) is 3.35. The van der Waals surface area contributed by atoms with Crippen LogP contribution in [0, 0.1) is 4.91 Å². The fourth-order valence-corrected chi connectivity index (χ4v) is 1.46. The highest BCUT2D eigenvalue weighted by Crippen LogP contribution is 2.23. The SMILES string of the molecule is CC(NCN=O)C(C)c1ccncc1N. The minimum Gasteiger partial charge on any atom is -0.397 e. The number of nitrogens with one attached hydrogen (secondary N) is 1. The maximum atomic E-state index is 9.99. The quantitative estimate of drug-likeness (QED) is 0.718. The molecule has 0 radical (unpaired) electrons. The Bertz CT molecular complexity index is 329. The molecule has 2 atom stereocenters. The standard InChI is InChI=1S/C10H16N4O/c1-7(8(2)13-6-14-15)9-3-4-12-5-10(9)11/h3-5,7-8,13H,6,11H2,1-2H3. The van der Waals surface area contributed by atoms with Gasteiger partial charge < -0.3 is 5.73 Å². The predicted octanol–water partition coefficient (Wildman–Crippen LogP) is 1.47. The zero-order chi connectivity index (χ0) is 11.3. The molecule has 0 fully saturated rings. The van der Waals surface area contributed by atoms with Gasteiger partial charge >= 0.3 is 0 Å². The van der Waals surface area contributed by atoms with E-state index in [1.807, 2.05) is 19.9 Å². The van der Waals surface area contributed by atoms with Crippen molar-refractivity contribution in [1.82, 2.24) is 10.3 Å². The van der Waals surface area contributed by atoms with Crippen LogP contribution >= 0.6 is 0 Å². The van der Waals surface area contributed by atoms with E-state index in [0.717, 1.165) is 5.56 Å². The molecule has 1 aromatic heterocycles. The molecule has 0 aliphatic heterocycles. The van der Waals surface area contributed by atoms with Crippen LogP contribution in [0.15, 0.2) is 23.6 Å². The molecule has 15 heavy (non-hydrogen) atoms. The maximum absolute atomic E-state index is 9.99. The van der Waals surface area contributed by atoms with Crippen LogP contribution in [0.4, 0.5) is 5.69 Å². The number of nitrogens with two attached hydrogens (primary N) is 1. The largest absolute Gasteiger partial charge is 0.397 e. The van der Waals surface area contributed by atoms with Crippen molar-refractivity contribution in [2.75, 3.05) is 12.4 Å². The number of nitrogens with zero attached hydrogens (tertiary/aromatic N) is 2. The molecule has 0 aromatic carbocycles. The monoisotopic (exact) mass is 208 g/mol. The summed E-state index contributed by atoms with van der Waals surface area (Å²) in [5, 5.41) is 5.77. The Morgan fingerprint density at radius 2 is 2.33 bits per heavy atom. The van der Waals surface area contributed by atoms with Crippen molar-refractivity contribution in [3.05, 3.63) is 28.9 Å². The van der Waals surface area contributed by atoms with Gasteiger partial charge in [-0.1, -0.05) is 12.1 Å². The fourth-order valence-electron chi connectivity index (χ4n) is 1.46. The van der Waals surface area contributed by atoms with E-state index in [9.17, 15) is 4.91 Å². The Morgan fingerprint density at radius 3 is 2.93 bits per heavy atom. The van der Waals surface area contributed by atoms with E-state index in [1.54, 1.807) is 12.4 Å². The molecule has 0 saturated heterocycles. The first-order chi connectivity index (χ1) is 7.16. The van der Waals surface area contributed by atoms with Gasteiger partial charge in [0.2, 0.25) is 0 Å². The first-order valence-electron chi connectivity index (χ1n) is 4.88. The lowest BCUT2D eigenvalue weighted by atomic mass is 9.94. The lowest BCUT2D eigenvalue weighted by Gasteiger charge is -2.21. The van der Waals surface area contributed by atoms with Crippen LogP contribution in [-0.2, 0) is 0 Å². The van der Waals surface area contributed by atoms with Gasteiger partial charge in [-0.2, -0.15) is 0 Å². The van der Waals surface area contributed by atoms with E-state index in [0.29, 0.717) is 5.69 Å². The average molecular weight is 208 g/mol. The lowest BCUT2D eigenvalue weighted by Crippen LogP contribution is -2.31. The molecule has 5 heteroatoms. The second-order valence-corrected chi connectivity index (χ2v) is 3.57. The smallest absolute Gasteiger partial charge is 0.131 e. The van der Waals surface area contributed by atoms with Crippen molar-refractivity contribution < 1.29 is 0 Å². The highest BCUT2D eigenvalue weighted by molar-refractivity contribution is 5.46. The first-order valence-corrected chi connectivity index (χ1v) is 4.88. The molecule has 0 bridgehead atoms. The number of hydrogen-bond donors (Lipinski definition) is 2. The van der Waals surface area contributed by atoms with Gasteiger partial charge in [-0.05, 0) is 24.5 Å². The summed E-state index contributed by atoms with van der Waals surface area (Å²) in [5.41, 5.74) is 7.53. The normalized spacial score (nSPS) is 14.5. The molecule has 1 rings (SSSR count). The minimum atomic E-state index is 0.122. The number of nitroso groups, excluding NO2 is 1. The van der Waals surface area contributed by atoms with Crippen LogP contribution in [0.2, 0.25) is 0 Å². The van der Waals surface area contributed by atoms with Gasteiger partial charge in [0.05, 0.1) is 11.9 Å². The molecule has 0 spiro atoms. The summed E-state index contributed by atoms with van der Waals surface area (Å²) in [4.78, 5) is 13.9. The van der Waals surface area contributed by atoms with Crippen molar-refractivity contribution in [1.29, 1.82) is 0 Å². The van der Waals surface area contributed by atoms with E-state index in [4.69, 9.17) is 5.73 Å². The van der Waals surface area contributed by atoms with Gasteiger partial charge in [-0.3, -0.25) is 10.3 Å². The molecule has 1 aromatic rings. The highest BCUT2D eigenvalue weighted by atomic mass is 16.3. The van der Waals surface area contributed by atoms with Gasteiger partial charge in [0, 0.05) is 12.2 Å². The summed E-state index contributed by atoms with van der Waals surface area (Å²) in [6, 6.07) is 2.04. The van der Waals surface area contributed by atoms with Gasteiger partial charge in [0.1, 0.15) is 6.67 Å². The fraction of sp³-hybridized carbons (Fsp3) is 0.500. The van der Waals surface area contributed by atoms with E-state index < -0.39 is 0 Å². The Labute approximate surface area is 89.1 Å². The van der Waals surface area contributed by atoms with Gasteiger partial charge in [-0.15, -0.1) is 4.91 Å². The summed E-state index contributed by atoms with van der Waals surface area (Å²) >= 11 is 0. The molecule has 0 saturated carbocycles. The van der Waals surface area contributed by atoms with Gasteiger partial charge in [0.15, 0.2) is 0 Å².